The lowest BCUT2D eigenvalue weighted by molar-refractivity contribution is 0.0697. The number of carbonyl (C=O) groups is 1. The summed E-state index contributed by atoms with van der Waals surface area (Å²) in [7, 11) is 0. The van der Waals surface area contributed by atoms with Crippen molar-refractivity contribution < 1.29 is 9.90 Å². The lowest BCUT2D eigenvalue weighted by Gasteiger charge is -2.30. The van der Waals surface area contributed by atoms with Gasteiger partial charge in [-0.3, -0.25) is 0 Å². The molecule has 0 amide bonds. The van der Waals surface area contributed by atoms with Crippen LogP contribution in [0.5, 0.6) is 0 Å². The Morgan fingerprint density at radius 3 is 2.59 bits per heavy atom. The number of halogens is 1. The van der Waals surface area contributed by atoms with E-state index in [2.05, 4.69) is 11.8 Å². The number of benzene rings is 1. The van der Waals surface area contributed by atoms with E-state index < -0.39 is 5.97 Å². The average molecular weight is 256 g/mol. The largest absolute Gasteiger partial charge is 0.478 e. The lowest BCUT2D eigenvalue weighted by Crippen LogP contribution is -2.32. The lowest BCUT2D eigenvalue weighted by atomic mass is 10.1. The van der Waals surface area contributed by atoms with Crippen molar-refractivity contribution in [1.29, 1.82) is 0 Å². The fourth-order valence-electron chi connectivity index (χ4n) is 1.86. The zero-order valence-electron chi connectivity index (χ0n) is 10.4. The molecule has 0 spiro atoms. The minimum absolute atomic E-state index is 0.191. The molecule has 0 saturated heterocycles. The molecule has 1 aromatic carbocycles. The third-order valence-corrected chi connectivity index (χ3v) is 2.92. The quantitative estimate of drug-likeness (QED) is 0.873. The van der Waals surface area contributed by atoms with Gasteiger partial charge in [-0.15, -0.1) is 0 Å². The van der Waals surface area contributed by atoms with Gasteiger partial charge in [0.05, 0.1) is 10.7 Å². The summed E-state index contributed by atoms with van der Waals surface area (Å²) in [5.74, 6) is -0.979. The molecule has 0 aliphatic carbocycles. The smallest absolute Gasteiger partial charge is 0.339 e. The van der Waals surface area contributed by atoms with Gasteiger partial charge in [-0.05, 0) is 32.4 Å². The summed E-state index contributed by atoms with van der Waals surface area (Å²) in [5, 5.41) is 9.52. The van der Waals surface area contributed by atoms with E-state index in [1.165, 1.54) is 0 Å². The molecule has 1 aromatic rings. The van der Waals surface area contributed by atoms with Crippen molar-refractivity contribution in [3.63, 3.8) is 0 Å². The summed E-state index contributed by atoms with van der Waals surface area (Å²) in [6, 6.07) is 5.45. The van der Waals surface area contributed by atoms with Crippen molar-refractivity contribution in [3.05, 3.63) is 28.8 Å². The molecule has 0 bridgehead atoms. The van der Waals surface area contributed by atoms with Crippen molar-refractivity contribution in [2.75, 3.05) is 11.4 Å². The molecule has 0 saturated carbocycles. The Hall–Kier alpha value is -1.22. The highest BCUT2D eigenvalue weighted by atomic mass is 35.5. The van der Waals surface area contributed by atoms with Crippen molar-refractivity contribution in [3.8, 4) is 0 Å². The molecule has 0 fully saturated rings. The normalized spacial score (nSPS) is 10.6. The van der Waals surface area contributed by atoms with Crippen LogP contribution in [0.3, 0.4) is 0 Å². The SMILES string of the molecule is CCCN(c1cccc(Cl)c1C(=O)O)C(C)C. The van der Waals surface area contributed by atoms with E-state index in [0.717, 1.165) is 13.0 Å². The Labute approximate surface area is 107 Å². The summed E-state index contributed by atoms with van der Waals surface area (Å²) < 4.78 is 0. The molecule has 17 heavy (non-hydrogen) atoms. The van der Waals surface area contributed by atoms with Crippen molar-refractivity contribution in [2.24, 2.45) is 0 Å². The Kier molecular flexibility index (Phi) is 4.82. The summed E-state index contributed by atoms with van der Waals surface area (Å²) in [4.78, 5) is 13.3. The van der Waals surface area contributed by atoms with Gasteiger partial charge in [0.2, 0.25) is 0 Å². The first-order chi connectivity index (χ1) is 7.99. The minimum Gasteiger partial charge on any atom is -0.478 e. The third-order valence-electron chi connectivity index (χ3n) is 2.60. The molecule has 4 heteroatoms. The van der Waals surface area contributed by atoms with Crippen molar-refractivity contribution in [1.82, 2.24) is 0 Å². The number of nitrogens with zero attached hydrogens (tertiary/aromatic N) is 1. The molecule has 1 rings (SSSR count). The second-order valence-electron chi connectivity index (χ2n) is 4.23. The number of carboxylic acid groups (broad SMARTS) is 1. The number of anilines is 1. The fraction of sp³-hybridized carbons (Fsp3) is 0.462. The van der Waals surface area contributed by atoms with Gasteiger partial charge in [0.25, 0.3) is 0 Å². The third kappa shape index (κ3) is 3.13. The van der Waals surface area contributed by atoms with E-state index in [1.54, 1.807) is 12.1 Å². The zero-order chi connectivity index (χ0) is 13.0. The first-order valence-corrected chi connectivity index (χ1v) is 6.15. The molecular weight excluding hydrogens is 238 g/mol. The van der Waals surface area contributed by atoms with Gasteiger partial charge in [-0.25, -0.2) is 4.79 Å². The van der Waals surface area contributed by atoms with E-state index in [-0.39, 0.29) is 16.6 Å². The highest BCUT2D eigenvalue weighted by Gasteiger charge is 2.20. The van der Waals surface area contributed by atoms with Gasteiger partial charge >= 0.3 is 5.97 Å². The predicted molar refractivity (Wildman–Crippen MR) is 71.2 cm³/mol. The Balaban J connectivity index is 3.27. The topological polar surface area (TPSA) is 40.5 Å². The van der Waals surface area contributed by atoms with E-state index in [9.17, 15) is 9.90 Å². The molecule has 0 unspecified atom stereocenters. The fourth-order valence-corrected chi connectivity index (χ4v) is 2.11. The zero-order valence-corrected chi connectivity index (χ0v) is 11.2. The monoisotopic (exact) mass is 255 g/mol. The summed E-state index contributed by atoms with van der Waals surface area (Å²) in [5.41, 5.74) is 0.887. The Morgan fingerprint density at radius 1 is 1.47 bits per heavy atom. The standard InChI is InChI=1S/C13H18ClNO2/c1-4-8-15(9(2)3)11-7-5-6-10(14)12(11)13(16)17/h5-7,9H,4,8H2,1-3H3,(H,16,17). The molecule has 94 valence electrons. The molecule has 0 aromatic heterocycles. The van der Waals surface area contributed by atoms with Gasteiger partial charge < -0.3 is 10.0 Å². The van der Waals surface area contributed by atoms with Crippen LogP contribution in [0.25, 0.3) is 0 Å². The maximum absolute atomic E-state index is 11.3. The van der Waals surface area contributed by atoms with Crippen LogP contribution >= 0.6 is 11.6 Å². The molecule has 0 aliphatic heterocycles. The predicted octanol–water partition coefficient (Wildman–Crippen LogP) is 3.66. The van der Waals surface area contributed by atoms with Crippen molar-refractivity contribution >= 4 is 23.3 Å². The van der Waals surface area contributed by atoms with Crippen LogP contribution < -0.4 is 4.90 Å². The van der Waals surface area contributed by atoms with Gasteiger partial charge in [0.15, 0.2) is 0 Å². The van der Waals surface area contributed by atoms with Crippen LogP contribution in [0, 0.1) is 0 Å². The van der Waals surface area contributed by atoms with E-state index in [1.807, 2.05) is 19.9 Å². The van der Waals surface area contributed by atoms with E-state index >= 15 is 0 Å². The maximum Gasteiger partial charge on any atom is 0.339 e. The summed E-state index contributed by atoms with van der Waals surface area (Å²) >= 11 is 5.97. The average Bonchev–Trinajstić information content (AvgIpc) is 2.24. The Morgan fingerprint density at radius 2 is 2.12 bits per heavy atom. The highest BCUT2D eigenvalue weighted by Crippen LogP contribution is 2.29. The van der Waals surface area contributed by atoms with Crippen LogP contribution in [0.1, 0.15) is 37.6 Å². The first-order valence-electron chi connectivity index (χ1n) is 5.77. The number of hydrogen-bond donors (Lipinski definition) is 1. The van der Waals surface area contributed by atoms with Gasteiger partial charge in [0, 0.05) is 12.6 Å². The molecule has 0 atom stereocenters. The second kappa shape index (κ2) is 5.92. The van der Waals surface area contributed by atoms with Crippen LogP contribution in [0.15, 0.2) is 18.2 Å². The number of rotatable bonds is 5. The number of carboxylic acids is 1. The maximum atomic E-state index is 11.3. The van der Waals surface area contributed by atoms with Crippen molar-refractivity contribution in [2.45, 2.75) is 33.2 Å². The van der Waals surface area contributed by atoms with Crippen LogP contribution in [0.4, 0.5) is 5.69 Å². The molecular formula is C13H18ClNO2. The van der Waals surface area contributed by atoms with Crippen LogP contribution in [-0.4, -0.2) is 23.7 Å². The van der Waals surface area contributed by atoms with Gasteiger partial charge in [-0.2, -0.15) is 0 Å². The van der Waals surface area contributed by atoms with Gasteiger partial charge in [0.1, 0.15) is 5.56 Å². The van der Waals surface area contributed by atoms with E-state index in [4.69, 9.17) is 11.6 Å². The second-order valence-corrected chi connectivity index (χ2v) is 4.63. The number of hydrogen-bond acceptors (Lipinski definition) is 2. The van der Waals surface area contributed by atoms with Crippen LogP contribution in [0.2, 0.25) is 5.02 Å². The molecule has 0 radical (unpaired) electrons. The van der Waals surface area contributed by atoms with Crippen LogP contribution in [-0.2, 0) is 0 Å². The number of aromatic carboxylic acids is 1. The molecule has 0 heterocycles. The van der Waals surface area contributed by atoms with E-state index in [0.29, 0.717) is 5.69 Å². The minimum atomic E-state index is -0.979. The molecule has 3 nitrogen and oxygen atoms in total. The molecule has 1 N–H and O–H groups in total. The summed E-state index contributed by atoms with van der Waals surface area (Å²) in [6.45, 7) is 6.98. The van der Waals surface area contributed by atoms with Gasteiger partial charge in [-0.1, -0.05) is 24.6 Å². The highest BCUT2D eigenvalue weighted by molar-refractivity contribution is 6.34. The first kappa shape index (κ1) is 13.8. The Bertz CT molecular complexity index is 404. The molecule has 0 aliphatic rings. The summed E-state index contributed by atoms with van der Waals surface area (Å²) in [6.07, 6.45) is 0.962.